The van der Waals surface area contributed by atoms with E-state index < -0.39 is 0 Å². The van der Waals surface area contributed by atoms with Crippen molar-refractivity contribution in [2.75, 3.05) is 32.1 Å². The van der Waals surface area contributed by atoms with E-state index in [1.165, 1.54) is 0 Å². The fraction of sp³-hybridized carbons (Fsp3) is 0.533. The lowest BCUT2D eigenvalue weighted by Crippen LogP contribution is -2.30. The van der Waals surface area contributed by atoms with Gasteiger partial charge in [-0.3, -0.25) is 4.79 Å². The van der Waals surface area contributed by atoms with E-state index in [9.17, 15) is 4.79 Å². The van der Waals surface area contributed by atoms with Gasteiger partial charge in [-0.25, -0.2) is 0 Å². The fourth-order valence-electron chi connectivity index (χ4n) is 1.94. The number of carbonyl (C=O) groups excluding carboxylic acids is 1. The van der Waals surface area contributed by atoms with Crippen LogP contribution in [0.15, 0.2) is 18.2 Å². The SMILES string of the molecule is CCNc1ccc(C(=O)NCC(C)COC)c(C)c1. The Labute approximate surface area is 115 Å². The van der Waals surface area contributed by atoms with Crippen LogP contribution in [0, 0.1) is 12.8 Å². The van der Waals surface area contributed by atoms with Gasteiger partial charge in [0.15, 0.2) is 0 Å². The van der Waals surface area contributed by atoms with Crippen LogP contribution in [-0.4, -0.2) is 32.7 Å². The Hall–Kier alpha value is -1.55. The molecule has 0 aliphatic carbocycles. The summed E-state index contributed by atoms with van der Waals surface area (Å²) in [6.45, 7) is 8.20. The molecule has 1 atom stereocenters. The Balaban J connectivity index is 2.62. The molecular weight excluding hydrogens is 240 g/mol. The Bertz CT molecular complexity index is 419. The van der Waals surface area contributed by atoms with Gasteiger partial charge in [0, 0.05) is 31.5 Å². The molecule has 0 saturated heterocycles. The van der Waals surface area contributed by atoms with Crippen LogP contribution in [0.3, 0.4) is 0 Å². The van der Waals surface area contributed by atoms with Gasteiger partial charge in [-0.05, 0) is 43.5 Å². The van der Waals surface area contributed by atoms with Crippen molar-refractivity contribution in [2.45, 2.75) is 20.8 Å². The quantitative estimate of drug-likeness (QED) is 0.795. The summed E-state index contributed by atoms with van der Waals surface area (Å²) >= 11 is 0. The van der Waals surface area contributed by atoms with Crippen molar-refractivity contribution in [3.63, 3.8) is 0 Å². The first-order chi connectivity index (χ1) is 9.08. The monoisotopic (exact) mass is 264 g/mol. The molecular formula is C15H24N2O2. The van der Waals surface area contributed by atoms with Crippen molar-refractivity contribution >= 4 is 11.6 Å². The highest BCUT2D eigenvalue weighted by molar-refractivity contribution is 5.96. The molecule has 1 aromatic rings. The number of aryl methyl sites for hydroxylation is 1. The van der Waals surface area contributed by atoms with Gasteiger partial charge < -0.3 is 15.4 Å². The van der Waals surface area contributed by atoms with Crippen molar-refractivity contribution in [3.05, 3.63) is 29.3 Å². The lowest BCUT2D eigenvalue weighted by atomic mass is 10.1. The number of methoxy groups -OCH3 is 1. The molecule has 0 heterocycles. The summed E-state index contributed by atoms with van der Waals surface area (Å²) in [5.74, 6) is 0.291. The minimum absolute atomic E-state index is 0.0245. The van der Waals surface area contributed by atoms with E-state index in [2.05, 4.69) is 10.6 Å². The minimum atomic E-state index is -0.0245. The van der Waals surface area contributed by atoms with Crippen molar-refractivity contribution in [3.8, 4) is 0 Å². The minimum Gasteiger partial charge on any atom is -0.385 e. The predicted molar refractivity (Wildman–Crippen MR) is 78.7 cm³/mol. The summed E-state index contributed by atoms with van der Waals surface area (Å²) in [5.41, 5.74) is 2.76. The smallest absolute Gasteiger partial charge is 0.251 e. The van der Waals surface area contributed by atoms with Gasteiger partial charge in [0.1, 0.15) is 0 Å². The normalized spacial score (nSPS) is 12.0. The molecule has 106 valence electrons. The number of hydrogen-bond acceptors (Lipinski definition) is 3. The Morgan fingerprint density at radius 2 is 2.16 bits per heavy atom. The number of rotatable bonds is 7. The highest BCUT2D eigenvalue weighted by atomic mass is 16.5. The average molecular weight is 264 g/mol. The third kappa shape index (κ3) is 4.91. The van der Waals surface area contributed by atoms with Crippen LogP contribution in [-0.2, 0) is 4.74 Å². The zero-order valence-electron chi connectivity index (χ0n) is 12.2. The van der Waals surface area contributed by atoms with Crippen LogP contribution in [0.2, 0.25) is 0 Å². The van der Waals surface area contributed by atoms with Crippen LogP contribution in [0.5, 0.6) is 0 Å². The van der Waals surface area contributed by atoms with Gasteiger partial charge in [0.2, 0.25) is 0 Å². The molecule has 0 fully saturated rings. The standard InChI is InChI=1S/C15H24N2O2/c1-5-16-13-6-7-14(12(3)8-13)15(18)17-9-11(2)10-19-4/h6-8,11,16H,5,9-10H2,1-4H3,(H,17,18). The molecule has 1 unspecified atom stereocenters. The molecule has 19 heavy (non-hydrogen) atoms. The molecule has 0 bridgehead atoms. The number of carbonyl (C=O) groups is 1. The van der Waals surface area contributed by atoms with Crippen LogP contribution in [0.25, 0.3) is 0 Å². The second-order valence-electron chi connectivity index (χ2n) is 4.83. The molecule has 0 saturated carbocycles. The number of amides is 1. The number of hydrogen-bond donors (Lipinski definition) is 2. The summed E-state index contributed by atoms with van der Waals surface area (Å²) in [7, 11) is 1.67. The van der Waals surface area contributed by atoms with Crippen molar-refractivity contribution in [2.24, 2.45) is 5.92 Å². The predicted octanol–water partition coefficient (Wildman–Crippen LogP) is 2.44. The molecule has 2 N–H and O–H groups in total. The molecule has 0 aromatic heterocycles. The second-order valence-corrected chi connectivity index (χ2v) is 4.83. The van der Waals surface area contributed by atoms with Crippen LogP contribution < -0.4 is 10.6 Å². The van der Waals surface area contributed by atoms with Gasteiger partial charge in [-0.15, -0.1) is 0 Å². The topological polar surface area (TPSA) is 50.4 Å². The van der Waals surface area contributed by atoms with E-state index in [0.29, 0.717) is 19.1 Å². The van der Waals surface area contributed by atoms with Gasteiger partial charge in [-0.1, -0.05) is 6.92 Å². The highest BCUT2D eigenvalue weighted by Gasteiger charge is 2.10. The Kier molecular flexibility index (Phi) is 6.36. The van der Waals surface area contributed by atoms with Gasteiger partial charge in [-0.2, -0.15) is 0 Å². The van der Waals surface area contributed by atoms with Gasteiger partial charge in [0.05, 0.1) is 6.61 Å². The first kappa shape index (κ1) is 15.5. The molecule has 0 radical (unpaired) electrons. The van der Waals surface area contributed by atoms with Crippen LogP contribution in [0.4, 0.5) is 5.69 Å². The molecule has 4 nitrogen and oxygen atoms in total. The van der Waals surface area contributed by atoms with E-state index in [4.69, 9.17) is 4.74 Å². The maximum atomic E-state index is 12.1. The highest BCUT2D eigenvalue weighted by Crippen LogP contribution is 2.15. The van der Waals surface area contributed by atoms with Crippen LogP contribution in [0.1, 0.15) is 29.8 Å². The van der Waals surface area contributed by atoms with E-state index in [1.54, 1.807) is 7.11 Å². The summed E-state index contributed by atoms with van der Waals surface area (Å²) in [4.78, 5) is 12.1. The molecule has 4 heteroatoms. The zero-order chi connectivity index (χ0) is 14.3. The van der Waals surface area contributed by atoms with E-state index >= 15 is 0 Å². The molecule has 0 spiro atoms. The summed E-state index contributed by atoms with van der Waals surface area (Å²) in [6.07, 6.45) is 0. The van der Waals surface area contributed by atoms with Gasteiger partial charge >= 0.3 is 0 Å². The average Bonchev–Trinajstić information content (AvgIpc) is 2.37. The molecule has 0 aliphatic rings. The number of ether oxygens (including phenoxy) is 1. The second kappa shape index (κ2) is 7.79. The largest absolute Gasteiger partial charge is 0.385 e. The maximum Gasteiger partial charge on any atom is 0.251 e. The van der Waals surface area contributed by atoms with E-state index in [0.717, 1.165) is 23.4 Å². The Morgan fingerprint density at radius 3 is 2.74 bits per heavy atom. The Morgan fingerprint density at radius 1 is 1.42 bits per heavy atom. The molecule has 0 aliphatic heterocycles. The summed E-state index contributed by atoms with van der Waals surface area (Å²) in [6, 6.07) is 5.80. The first-order valence-electron chi connectivity index (χ1n) is 6.70. The number of anilines is 1. The van der Waals surface area contributed by atoms with Crippen LogP contribution >= 0.6 is 0 Å². The molecule has 1 amide bonds. The molecule has 1 rings (SSSR count). The van der Waals surface area contributed by atoms with Crippen molar-refractivity contribution in [1.29, 1.82) is 0 Å². The lowest BCUT2D eigenvalue weighted by Gasteiger charge is -2.13. The summed E-state index contributed by atoms with van der Waals surface area (Å²) in [5, 5.41) is 6.17. The summed E-state index contributed by atoms with van der Waals surface area (Å²) < 4.78 is 5.05. The van der Waals surface area contributed by atoms with Gasteiger partial charge in [0.25, 0.3) is 5.91 Å². The fourth-order valence-corrected chi connectivity index (χ4v) is 1.94. The lowest BCUT2D eigenvalue weighted by molar-refractivity contribution is 0.0933. The zero-order valence-corrected chi connectivity index (χ0v) is 12.2. The van der Waals surface area contributed by atoms with Crippen molar-refractivity contribution in [1.82, 2.24) is 5.32 Å². The first-order valence-corrected chi connectivity index (χ1v) is 6.70. The number of benzene rings is 1. The maximum absolute atomic E-state index is 12.1. The third-order valence-corrected chi connectivity index (χ3v) is 2.91. The third-order valence-electron chi connectivity index (χ3n) is 2.91. The van der Waals surface area contributed by atoms with E-state index in [1.807, 2.05) is 39.0 Å². The molecule has 1 aromatic carbocycles. The number of nitrogens with one attached hydrogen (secondary N) is 2. The van der Waals surface area contributed by atoms with E-state index in [-0.39, 0.29) is 5.91 Å². The van der Waals surface area contributed by atoms with Crippen molar-refractivity contribution < 1.29 is 9.53 Å².